The number of carbonyl (C=O) groups excluding carboxylic acids is 2. The van der Waals surface area contributed by atoms with E-state index in [2.05, 4.69) is 10.6 Å². The van der Waals surface area contributed by atoms with Crippen molar-refractivity contribution in [2.75, 3.05) is 30.5 Å². The van der Waals surface area contributed by atoms with E-state index in [0.29, 0.717) is 48.0 Å². The molecule has 2 unspecified atom stereocenters. The Morgan fingerprint density at radius 3 is 2.63 bits per heavy atom. The van der Waals surface area contributed by atoms with Gasteiger partial charge < -0.3 is 15.4 Å². The molecule has 2 heterocycles. The Morgan fingerprint density at radius 2 is 1.93 bits per heavy atom. The van der Waals surface area contributed by atoms with Gasteiger partial charge in [-0.3, -0.25) is 9.59 Å². The number of thiophene rings is 1. The molecule has 2 atom stereocenters. The predicted octanol–water partition coefficient (Wildman–Crippen LogP) is 2.36. The molecule has 7 nitrogen and oxygen atoms in total. The maximum absolute atomic E-state index is 13.5. The number of ether oxygens (including phenoxy) is 1. The number of hydrogen-bond donors (Lipinski definition) is 2. The van der Waals surface area contributed by atoms with Gasteiger partial charge >= 0.3 is 0 Å². The predicted molar refractivity (Wildman–Crippen MR) is 114 cm³/mol. The minimum Gasteiger partial charge on any atom is -0.376 e. The van der Waals surface area contributed by atoms with E-state index in [1.165, 1.54) is 17.8 Å². The third-order valence-corrected chi connectivity index (χ3v) is 9.54. The average molecular weight is 453 g/mol. The van der Waals surface area contributed by atoms with Crippen molar-refractivity contribution in [2.45, 2.75) is 45.1 Å². The van der Waals surface area contributed by atoms with E-state index in [1.54, 1.807) is 0 Å². The highest BCUT2D eigenvalue weighted by Crippen LogP contribution is 2.65. The molecular weight excluding hydrogens is 424 g/mol. The second-order valence-electron chi connectivity index (χ2n) is 9.55. The van der Waals surface area contributed by atoms with Crippen LogP contribution in [-0.4, -0.2) is 45.4 Å². The monoisotopic (exact) mass is 452 g/mol. The van der Waals surface area contributed by atoms with Gasteiger partial charge in [-0.05, 0) is 61.8 Å². The van der Waals surface area contributed by atoms with Crippen molar-refractivity contribution >= 4 is 38.0 Å². The fourth-order valence-corrected chi connectivity index (χ4v) is 8.04. The minimum atomic E-state index is -3.16. The van der Waals surface area contributed by atoms with E-state index in [9.17, 15) is 18.0 Å². The summed E-state index contributed by atoms with van der Waals surface area (Å²) < 4.78 is 28.4. The lowest BCUT2D eigenvalue weighted by Gasteiger charge is -2.31. The maximum atomic E-state index is 13.5. The summed E-state index contributed by atoms with van der Waals surface area (Å²) in [5.74, 6) is 1.48. The van der Waals surface area contributed by atoms with E-state index in [1.807, 2.05) is 0 Å². The summed E-state index contributed by atoms with van der Waals surface area (Å²) >= 11 is 1.42. The van der Waals surface area contributed by atoms with Crippen LogP contribution in [0.3, 0.4) is 0 Å². The number of fused-ring (bicyclic) bond motifs is 1. The molecule has 4 bridgehead atoms. The van der Waals surface area contributed by atoms with Crippen molar-refractivity contribution in [1.82, 2.24) is 5.32 Å². The van der Waals surface area contributed by atoms with Gasteiger partial charge in [0.25, 0.3) is 5.91 Å². The lowest BCUT2D eigenvalue weighted by atomic mass is 9.75. The SMILES string of the molecule is CS(=O)(=O)CCNC(=O)c1c(NC(=O)C23CC4CC(CC2C4)C3)sc2c1CCOC2. The molecule has 2 amide bonds. The third kappa shape index (κ3) is 3.48. The Kier molecular flexibility index (Phi) is 4.98. The summed E-state index contributed by atoms with van der Waals surface area (Å²) in [4.78, 5) is 27.4. The van der Waals surface area contributed by atoms with Crippen molar-refractivity contribution in [3.63, 3.8) is 0 Å². The van der Waals surface area contributed by atoms with Crippen LogP contribution >= 0.6 is 11.3 Å². The summed E-state index contributed by atoms with van der Waals surface area (Å²) in [6.07, 6.45) is 7.32. The quantitative estimate of drug-likeness (QED) is 0.690. The topological polar surface area (TPSA) is 102 Å². The first-order valence-corrected chi connectivity index (χ1v) is 13.6. The van der Waals surface area contributed by atoms with E-state index in [-0.39, 0.29) is 29.5 Å². The Hall–Kier alpha value is -1.45. The molecule has 6 rings (SSSR count). The smallest absolute Gasteiger partial charge is 0.254 e. The van der Waals surface area contributed by atoms with E-state index in [0.717, 1.165) is 42.4 Å². The fourth-order valence-electron chi connectivity index (χ4n) is 6.39. The average Bonchev–Trinajstić information content (AvgIpc) is 3.24. The molecule has 164 valence electrons. The molecule has 4 aliphatic carbocycles. The van der Waals surface area contributed by atoms with Crippen molar-refractivity contribution in [1.29, 1.82) is 0 Å². The second kappa shape index (κ2) is 7.31. The number of nitrogens with one attached hydrogen (secondary N) is 2. The summed E-state index contributed by atoms with van der Waals surface area (Å²) in [7, 11) is -3.16. The highest BCUT2D eigenvalue weighted by Gasteiger charge is 2.61. The van der Waals surface area contributed by atoms with Crippen LogP contribution < -0.4 is 10.6 Å². The van der Waals surface area contributed by atoms with Crippen molar-refractivity contribution in [3.05, 3.63) is 16.0 Å². The van der Waals surface area contributed by atoms with Crippen LogP contribution in [0.5, 0.6) is 0 Å². The molecule has 0 aromatic carbocycles. The van der Waals surface area contributed by atoms with Crippen molar-refractivity contribution < 1.29 is 22.7 Å². The number of sulfone groups is 1. The summed E-state index contributed by atoms with van der Waals surface area (Å²) in [5, 5.41) is 6.47. The molecule has 2 N–H and O–H groups in total. The molecular formula is C21H28N2O5S2. The zero-order chi connectivity index (χ0) is 21.1. The third-order valence-electron chi connectivity index (χ3n) is 7.47. The van der Waals surface area contributed by atoms with Crippen molar-refractivity contribution in [3.8, 4) is 0 Å². The van der Waals surface area contributed by atoms with Gasteiger partial charge in [0.05, 0.1) is 29.9 Å². The molecule has 30 heavy (non-hydrogen) atoms. The summed E-state index contributed by atoms with van der Waals surface area (Å²) in [6.45, 7) is 1.04. The molecule has 0 spiro atoms. The van der Waals surface area contributed by atoms with Crippen LogP contribution in [-0.2, 0) is 32.4 Å². The molecule has 1 aromatic rings. The molecule has 9 heteroatoms. The van der Waals surface area contributed by atoms with Crippen LogP contribution in [0.4, 0.5) is 5.00 Å². The number of amides is 2. The van der Waals surface area contributed by atoms with Gasteiger partial charge in [0, 0.05) is 17.7 Å². The molecule has 4 fully saturated rings. The van der Waals surface area contributed by atoms with Gasteiger partial charge in [-0.1, -0.05) is 0 Å². The van der Waals surface area contributed by atoms with Gasteiger partial charge in [0.1, 0.15) is 14.8 Å². The number of rotatable bonds is 6. The van der Waals surface area contributed by atoms with Crippen LogP contribution in [0.2, 0.25) is 0 Å². The van der Waals surface area contributed by atoms with Crippen LogP contribution in [0.15, 0.2) is 0 Å². The standard InChI is InChI=1S/C21H28N2O5S2/c1-30(26,27)5-3-22-18(24)17-15-2-4-28-11-16(15)29-19(17)23-20(25)21-9-12-6-13(10-21)8-14(21)7-12/h12-14H,2-11H2,1H3,(H,22,24)(H,23,25). The zero-order valence-electron chi connectivity index (χ0n) is 17.2. The van der Waals surface area contributed by atoms with Gasteiger partial charge in [-0.15, -0.1) is 11.3 Å². The largest absolute Gasteiger partial charge is 0.376 e. The van der Waals surface area contributed by atoms with Crippen LogP contribution in [0.25, 0.3) is 0 Å². The molecule has 5 aliphatic rings. The lowest BCUT2D eigenvalue weighted by Crippen LogP contribution is -2.38. The highest BCUT2D eigenvalue weighted by atomic mass is 32.2. The van der Waals surface area contributed by atoms with Gasteiger partial charge in [0.2, 0.25) is 5.91 Å². The highest BCUT2D eigenvalue weighted by molar-refractivity contribution is 7.90. The Balaban J connectivity index is 1.39. The first-order chi connectivity index (χ1) is 14.2. The molecule has 1 aromatic heterocycles. The van der Waals surface area contributed by atoms with E-state index < -0.39 is 9.84 Å². The van der Waals surface area contributed by atoms with Gasteiger partial charge in [-0.2, -0.15) is 0 Å². The van der Waals surface area contributed by atoms with Crippen LogP contribution in [0, 0.1) is 23.2 Å². The number of hydrogen-bond acceptors (Lipinski definition) is 6. The number of carbonyl (C=O) groups is 2. The normalized spacial score (nSPS) is 31.6. The first kappa shape index (κ1) is 20.5. The molecule has 1 aliphatic heterocycles. The lowest BCUT2D eigenvalue weighted by molar-refractivity contribution is -0.127. The van der Waals surface area contributed by atoms with E-state index >= 15 is 0 Å². The Labute approximate surface area is 180 Å². The van der Waals surface area contributed by atoms with E-state index in [4.69, 9.17) is 4.74 Å². The van der Waals surface area contributed by atoms with Crippen LogP contribution in [0.1, 0.15) is 52.9 Å². The fraction of sp³-hybridized carbons (Fsp3) is 0.714. The number of anilines is 1. The molecule has 0 saturated heterocycles. The first-order valence-electron chi connectivity index (χ1n) is 10.7. The minimum absolute atomic E-state index is 0.0571. The van der Waals surface area contributed by atoms with Crippen molar-refractivity contribution in [2.24, 2.45) is 23.2 Å². The molecule has 4 saturated carbocycles. The van der Waals surface area contributed by atoms with Gasteiger partial charge in [0.15, 0.2) is 0 Å². The zero-order valence-corrected chi connectivity index (χ0v) is 18.8. The second-order valence-corrected chi connectivity index (χ2v) is 12.9. The molecule has 0 radical (unpaired) electrons. The van der Waals surface area contributed by atoms with Gasteiger partial charge in [-0.25, -0.2) is 8.42 Å². The summed E-state index contributed by atoms with van der Waals surface area (Å²) in [5.41, 5.74) is 1.15. The Bertz CT molecular complexity index is 985. The summed E-state index contributed by atoms with van der Waals surface area (Å²) in [6, 6.07) is 0. The Morgan fingerprint density at radius 1 is 1.20 bits per heavy atom. The maximum Gasteiger partial charge on any atom is 0.254 e.